The fourth-order valence-corrected chi connectivity index (χ4v) is 4.79. The van der Waals surface area contributed by atoms with Crippen LogP contribution < -0.4 is 4.74 Å². The average molecular weight is 423 g/mol. The van der Waals surface area contributed by atoms with Gasteiger partial charge >= 0.3 is 0 Å². The Balaban J connectivity index is 1.16. The molecule has 1 aromatic carbocycles. The van der Waals surface area contributed by atoms with E-state index in [9.17, 15) is 0 Å². The highest BCUT2D eigenvalue weighted by atomic mass is 16.5. The number of ether oxygens (including phenoxy) is 2. The maximum atomic E-state index is 6.41. The molecule has 164 valence electrons. The summed E-state index contributed by atoms with van der Waals surface area (Å²) in [6, 6.07) is 8.51. The zero-order valence-corrected chi connectivity index (χ0v) is 17.9. The molecule has 0 aliphatic carbocycles. The van der Waals surface area contributed by atoms with Gasteiger partial charge in [0, 0.05) is 32.0 Å². The molecule has 0 N–H and O–H groups in total. The number of hydrogen-bond acceptors (Lipinski definition) is 6. The molecular formula is C23H30N6O2. The molecule has 1 fully saturated rings. The van der Waals surface area contributed by atoms with Crippen molar-refractivity contribution in [2.75, 3.05) is 32.8 Å². The molecule has 2 aliphatic heterocycles. The third kappa shape index (κ3) is 4.65. The van der Waals surface area contributed by atoms with Crippen LogP contribution in [0.5, 0.6) is 5.75 Å². The quantitative estimate of drug-likeness (QED) is 0.556. The first-order valence-electron chi connectivity index (χ1n) is 11.2. The summed E-state index contributed by atoms with van der Waals surface area (Å²) in [5.41, 5.74) is 2.60. The summed E-state index contributed by atoms with van der Waals surface area (Å²) in [4.78, 5) is 6.53. The maximum absolute atomic E-state index is 6.41. The molecular weight excluding hydrogens is 392 g/mol. The summed E-state index contributed by atoms with van der Waals surface area (Å²) < 4.78 is 16.2. The van der Waals surface area contributed by atoms with Crippen LogP contribution in [0.3, 0.4) is 0 Å². The highest BCUT2D eigenvalue weighted by Gasteiger charge is 2.40. The molecule has 5 rings (SSSR count). The normalized spacial score (nSPS) is 18.2. The molecule has 3 aromatic rings. The van der Waals surface area contributed by atoms with Gasteiger partial charge in [0.25, 0.3) is 0 Å². The Morgan fingerprint density at radius 2 is 2.00 bits per heavy atom. The van der Waals surface area contributed by atoms with Gasteiger partial charge in [-0.15, -0.1) is 0 Å². The van der Waals surface area contributed by atoms with E-state index < -0.39 is 0 Å². The molecule has 8 heteroatoms. The molecule has 0 saturated carbocycles. The molecule has 2 aliphatic rings. The average Bonchev–Trinajstić information content (AvgIpc) is 3.50. The summed E-state index contributed by atoms with van der Waals surface area (Å²) >= 11 is 0. The standard InChI is InChI=1S/C23H30N6O2/c1-8-25-28(10-1)11-2-9-27-12-6-23(7-13-27)22-4-3-21(17-20(22)5-15-31-23)30-16-14-29-19-24-18-26-29/h1,3-4,8,10,17-19H,2,5-7,9,11-16H2. The molecule has 0 amide bonds. The van der Waals surface area contributed by atoms with Crippen LogP contribution in [0.4, 0.5) is 0 Å². The van der Waals surface area contributed by atoms with Crippen molar-refractivity contribution in [1.29, 1.82) is 0 Å². The topological polar surface area (TPSA) is 70.2 Å². The van der Waals surface area contributed by atoms with Crippen molar-refractivity contribution in [3.05, 3.63) is 60.4 Å². The van der Waals surface area contributed by atoms with Crippen molar-refractivity contribution >= 4 is 0 Å². The van der Waals surface area contributed by atoms with Gasteiger partial charge in [-0.1, -0.05) is 6.07 Å². The molecule has 1 spiro atoms. The van der Waals surface area contributed by atoms with Crippen molar-refractivity contribution < 1.29 is 9.47 Å². The summed E-state index contributed by atoms with van der Waals surface area (Å²) in [5.74, 6) is 0.923. The first kappa shape index (κ1) is 20.2. The Labute approximate surface area is 182 Å². The van der Waals surface area contributed by atoms with Gasteiger partial charge in [0.05, 0.1) is 18.8 Å². The van der Waals surface area contributed by atoms with Gasteiger partial charge in [-0.25, -0.2) is 9.67 Å². The molecule has 0 atom stereocenters. The highest BCUT2D eigenvalue weighted by molar-refractivity contribution is 5.41. The van der Waals surface area contributed by atoms with E-state index in [1.165, 1.54) is 11.1 Å². The molecule has 0 bridgehead atoms. The molecule has 31 heavy (non-hydrogen) atoms. The second kappa shape index (κ2) is 9.20. The summed E-state index contributed by atoms with van der Waals surface area (Å²) in [6.07, 6.45) is 11.3. The van der Waals surface area contributed by atoms with E-state index in [2.05, 4.69) is 38.3 Å². The number of fused-ring (bicyclic) bond motifs is 2. The van der Waals surface area contributed by atoms with Crippen LogP contribution in [0, 0.1) is 0 Å². The lowest BCUT2D eigenvalue weighted by molar-refractivity contribution is -0.0980. The van der Waals surface area contributed by atoms with Gasteiger partial charge < -0.3 is 14.4 Å². The van der Waals surface area contributed by atoms with Crippen LogP contribution in [-0.4, -0.2) is 62.3 Å². The van der Waals surface area contributed by atoms with Gasteiger partial charge in [-0.3, -0.25) is 4.68 Å². The van der Waals surface area contributed by atoms with Gasteiger partial charge in [-0.2, -0.15) is 10.2 Å². The lowest BCUT2D eigenvalue weighted by Crippen LogP contribution is -2.46. The highest BCUT2D eigenvalue weighted by Crippen LogP contribution is 2.42. The van der Waals surface area contributed by atoms with Crippen molar-refractivity contribution in [2.45, 2.75) is 44.4 Å². The lowest BCUT2D eigenvalue weighted by Gasteiger charge is -2.45. The van der Waals surface area contributed by atoms with Gasteiger partial charge in [0.2, 0.25) is 0 Å². The lowest BCUT2D eigenvalue weighted by atomic mass is 9.79. The third-order valence-corrected chi connectivity index (χ3v) is 6.46. The Bertz CT molecular complexity index is 949. The zero-order valence-electron chi connectivity index (χ0n) is 17.9. The number of piperidine rings is 1. The van der Waals surface area contributed by atoms with E-state index in [1.54, 1.807) is 17.3 Å². The Morgan fingerprint density at radius 1 is 1.06 bits per heavy atom. The number of benzene rings is 1. The van der Waals surface area contributed by atoms with Crippen molar-refractivity contribution in [1.82, 2.24) is 29.4 Å². The molecule has 1 saturated heterocycles. The van der Waals surface area contributed by atoms with Crippen LogP contribution in [0.15, 0.2) is 49.3 Å². The fourth-order valence-electron chi connectivity index (χ4n) is 4.79. The number of aromatic nitrogens is 5. The smallest absolute Gasteiger partial charge is 0.137 e. The minimum absolute atomic E-state index is 0.134. The van der Waals surface area contributed by atoms with Gasteiger partial charge in [0.1, 0.15) is 25.0 Å². The number of nitrogens with zero attached hydrogens (tertiary/aromatic N) is 6. The first-order chi connectivity index (χ1) is 15.3. The van der Waals surface area contributed by atoms with E-state index in [1.807, 2.05) is 23.1 Å². The van der Waals surface area contributed by atoms with Crippen molar-refractivity contribution in [3.63, 3.8) is 0 Å². The van der Waals surface area contributed by atoms with Crippen LogP contribution in [0.1, 0.15) is 30.4 Å². The van der Waals surface area contributed by atoms with Crippen LogP contribution in [-0.2, 0) is 29.8 Å². The number of hydrogen-bond donors (Lipinski definition) is 0. The second-order valence-electron chi connectivity index (χ2n) is 8.38. The van der Waals surface area contributed by atoms with Crippen molar-refractivity contribution in [3.8, 4) is 5.75 Å². The Morgan fingerprint density at radius 3 is 2.81 bits per heavy atom. The van der Waals surface area contributed by atoms with E-state index in [4.69, 9.17) is 9.47 Å². The monoisotopic (exact) mass is 422 g/mol. The first-order valence-corrected chi connectivity index (χ1v) is 11.2. The largest absolute Gasteiger partial charge is 0.492 e. The predicted molar refractivity (Wildman–Crippen MR) is 116 cm³/mol. The summed E-state index contributed by atoms with van der Waals surface area (Å²) in [5, 5.41) is 8.40. The molecule has 0 unspecified atom stereocenters. The summed E-state index contributed by atoms with van der Waals surface area (Å²) in [7, 11) is 0. The summed E-state index contributed by atoms with van der Waals surface area (Å²) in [6.45, 7) is 6.31. The number of rotatable bonds is 8. The SMILES string of the molecule is c1cnn(CCCN2CCC3(CC2)OCCc2cc(OCCn4cncn4)ccc23)c1. The maximum Gasteiger partial charge on any atom is 0.137 e. The van der Waals surface area contributed by atoms with Gasteiger partial charge in [-0.05, 0) is 61.6 Å². The van der Waals surface area contributed by atoms with E-state index in [0.717, 1.165) is 64.2 Å². The van der Waals surface area contributed by atoms with Crippen molar-refractivity contribution in [2.24, 2.45) is 0 Å². The van der Waals surface area contributed by atoms with E-state index in [0.29, 0.717) is 13.2 Å². The van der Waals surface area contributed by atoms with Gasteiger partial charge in [0.15, 0.2) is 0 Å². The number of likely N-dealkylation sites (tertiary alicyclic amines) is 1. The predicted octanol–water partition coefficient (Wildman–Crippen LogP) is 2.51. The van der Waals surface area contributed by atoms with Crippen LogP contribution in [0.25, 0.3) is 0 Å². The Hall–Kier alpha value is -2.71. The Kier molecular flexibility index (Phi) is 5.99. The molecule has 0 radical (unpaired) electrons. The van der Waals surface area contributed by atoms with E-state index in [-0.39, 0.29) is 5.60 Å². The third-order valence-electron chi connectivity index (χ3n) is 6.46. The molecule has 4 heterocycles. The minimum Gasteiger partial charge on any atom is -0.492 e. The minimum atomic E-state index is -0.134. The van der Waals surface area contributed by atoms with E-state index >= 15 is 0 Å². The zero-order chi connectivity index (χ0) is 20.9. The fraction of sp³-hybridized carbons (Fsp3) is 0.522. The van der Waals surface area contributed by atoms with Crippen LogP contribution in [0.2, 0.25) is 0 Å². The number of aryl methyl sites for hydroxylation is 1. The molecule has 2 aromatic heterocycles. The van der Waals surface area contributed by atoms with Crippen LogP contribution >= 0.6 is 0 Å². The second-order valence-corrected chi connectivity index (χ2v) is 8.38. The molecule has 8 nitrogen and oxygen atoms in total.